The van der Waals surface area contributed by atoms with E-state index in [-0.39, 0.29) is 18.0 Å². The van der Waals surface area contributed by atoms with Gasteiger partial charge in [0.15, 0.2) is 0 Å². The van der Waals surface area contributed by atoms with Crippen molar-refractivity contribution in [2.24, 2.45) is 0 Å². The SMILES string of the molecule is COC(=O)C1=C(C)N(Cc2ccco2)C(=O)/C1=C\c1cc(C)n(-c2cccc(Br)c2)c1C. The molecule has 164 valence electrons. The summed E-state index contributed by atoms with van der Waals surface area (Å²) in [5.41, 5.74) is 4.99. The van der Waals surface area contributed by atoms with Crippen LogP contribution in [0, 0.1) is 13.8 Å². The number of aryl methyl sites for hydroxylation is 1. The zero-order valence-corrected chi connectivity index (χ0v) is 19.9. The third-order valence-corrected chi connectivity index (χ3v) is 6.12. The molecule has 0 unspecified atom stereocenters. The Labute approximate surface area is 194 Å². The normalized spacial score (nSPS) is 15.2. The van der Waals surface area contributed by atoms with Crippen LogP contribution in [0.15, 0.2) is 74.5 Å². The second kappa shape index (κ2) is 8.67. The molecule has 0 saturated carbocycles. The van der Waals surface area contributed by atoms with Crippen molar-refractivity contribution in [3.8, 4) is 5.69 Å². The monoisotopic (exact) mass is 494 g/mol. The highest BCUT2D eigenvalue weighted by Crippen LogP contribution is 2.34. The Morgan fingerprint density at radius 2 is 1.94 bits per heavy atom. The highest BCUT2D eigenvalue weighted by atomic mass is 79.9. The fourth-order valence-electron chi connectivity index (χ4n) is 4.08. The summed E-state index contributed by atoms with van der Waals surface area (Å²) in [6, 6.07) is 13.6. The average Bonchev–Trinajstić information content (AvgIpc) is 3.43. The molecule has 0 radical (unpaired) electrons. The predicted molar refractivity (Wildman–Crippen MR) is 125 cm³/mol. The molecule has 3 aromatic rings. The Bertz CT molecular complexity index is 1270. The second-order valence-corrected chi connectivity index (χ2v) is 8.54. The first-order chi connectivity index (χ1) is 15.3. The van der Waals surface area contributed by atoms with Crippen LogP contribution in [0.3, 0.4) is 0 Å². The summed E-state index contributed by atoms with van der Waals surface area (Å²) in [4.78, 5) is 27.5. The first-order valence-electron chi connectivity index (χ1n) is 10.1. The summed E-state index contributed by atoms with van der Waals surface area (Å²) >= 11 is 3.52. The van der Waals surface area contributed by atoms with Crippen LogP contribution in [0.25, 0.3) is 11.8 Å². The van der Waals surface area contributed by atoms with Gasteiger partial charge in [0.1, 0.15) is 5.76 Å². The minimum atomic E-state index is -0.537. The van der Waals surface area contributed by atoms with E-state index in [1.165, 1.54) is 7.11 Å². The first kappa shape index (κ1) is 21.9. The van der Waals surface area contributed by atoms with E-state index in [9.17, 15) is 9.59 Å². The number of carbonyl (C=O) groups is 2. The largest absolute Gasteiger partial charge is 0.467 e. The number of allylic oxidation sites excluding steroid dienone is 1. The molecule has 1 aliphatic heterocycles. The van der Waals surface area contributed by atoms with Gasteiger partial charge in [0.25, 0.3) is 5.91 Å². The van der Waals surface area contributed by atoms with Gasteiger partial charge in [-0.05, 0) is 68.8 Å². The van der Waals surface area contributed by atoms with Crippen LogP contribution in [0.5, 0.6) is 0 Å². The molecule has 1 aromatic carbocycles. The van der Waals surface area contributed by atoms with Crippen LogP contribution in [0.4, 0.5) is 0 Å². The van der Waals surface area contributed by atoms with Crippen molar-refractivity contribution in [3.05, 3.63) is 92.8 Å². The minimum Gasteiger partial charge on any atom is -0.467 e. The first-order valence-corrected chi connectivity index (χ1v) is 10.9. The molecule has 0 fully saturated rings. The maximum Gasteiger partial charge on any atom is 0.340 e. The summed E-state index contributed by atoms with van der Waals surface area (Å²) in [6.07, 6.45) is 3.33. The highest BCUT2D eigenvalue weighted by molar-refractivity contribution is 9.10. The van der Waals surface area contributed by atoms with E-state index in [1.807, 2.05) is 44.2 Å². The van der Waals surface area contributed by atoms with Crippen molar-refractivity contribution in [1.29, 1.82) is 0 Å². The van der Waals surface area contributed by atoms with Gasteiger partial charge in [-0.1, -0.05) is 22.0 Å². The quantitative estimate of drug-likeness (QED) is 0.355. The fraction of sp³-hybridized carbons (Fsp3) is 0.200. The lowest BCUT2D eigenvalue weighted by Gasteiger charge is -2.16. The Balaban J connectivity index is 1.79. The van der Waals surface area contributed by atoms with E-state index < -0.39 is 5.97 Å². The van der Waals surface area contributed by atoms with Crippen molar-refractivity contribution >= 4 is 33.9 Å². The van der Waals surface area contributed by atoms with E-state index in [2.05, 4.69) is 20.5 Å². The van der Waals surface area contributed by atoms with Crippen molar-refractivity contribution in [2.45, 2.75) is 27.3 Å². The number of benzene rings is 1. The third kappa shape index (κ3) is 3.84. The van der Waals surface area contributed by atoms with Crippen molar-refractivity contribution in [2.75, 3.05) is 7.11 Å². The number of furan rings is 1. The maximum atomic E-state index is 13.3. The minimum absolute atomic E-state index is 0.243. The fourth-order valence-corrected chi connectivity index (χ4v) is 4.47. The van der Waals surface area contributed by atoms with Crippen LogP contribution >= 0.6 is 15.9 Å². The molecule has 1 amide bonds. The molecule has 0 aliphatic carbocycles. The number of aromatic nitrogens is 1. The molecule has 7 heteroatoms. The van der Waals surface area contributed by atoms with Gasteiger partial charge in [-0.25, -0.2) is 4.79 Å². The Kier molecular flexibility index (Phi) is 5.93. The van der Waals surface area contributed by atoms with Gasteiger partial charge in [0.2, 0.25) is 0 Å². The number of nitrogens with zero attached hydrogens (tertiary/aromatic N) is 2. The molecule has 0 atom stereocenters. The number of halogens is 1. The molecule has 2 aromatic heterocycles. The third-order valence-electron chi connectivity index (χ3n) is 5.63. The Morgan fingerprint density at radius 3 is 2.59 bits per heavy atom. The van der Waals surface area contributed by atoms with Gasteiger partial charge in [0, 0.05) is 27.2 Å². The molecule has 3 heterocycles. The van der Waals surface area contributed by atoms with E-state index in [1.54, 1.807) is 36.3 Å². The van der Waals surface area contributed by atoms with Gasteiger partial charge in [-0.2, -0.15) is 0 Å². The summed E-state index contributed by atoms with van der Waals surface area (Å²) < 4.78 is 13.5. The van der Waals surface area contributed by atoms with E-state index in [0.717, 1.165) is 27.1 Å². The summed E-state index contributed by atoms with van der Waals surface area (Å²) in [7, 11) is 1.32. The van der Waals surface area contributed by atoms with Crippen molar-refractivity contribution in [3.63, 3.8) is 0 Å². The molecule has 0 spiro atoms. The molecule has 4 rings (SSSR count). The van der Waals surface area contributed by atoms with Crippen LogP contribution in [-0.2, 0) is 20.9 Å². The molecule has 0 N–H and O–H groups in total. The lowest BCUT2D eigenvalue weighted by atomic mass is 10.0. The molecule has 0 saturated heterocycles. The standard InChI is InChI=1S/C25H23BrN2O4/c1-15-11-18(16(2)28(15)20-8-5-7-19(26)13-20)12-22-23(25(30)31-4)17(3)27(24(22)29)14-21-9-6-10-32-21/h5-13H,14H2,1-4H3/b22-12-. The maximum absolute atomic E-state index is 13.3. The van der Waals surface area contributed by atoms with E-state index in [0.29, 0.717) is 17.0 Å². The van der Waals surface area contributed by atoms with Gasteiger partial charge in [-0.15, -0.1) is 0 Å². The smallest absolute Gasteiger partial charge is 0.340 e. The molecule has 32 heavy (non-hydrogen) atoms. The van der Waals surface area contributed by atoms with Gasteiger partial charge < -0.3 is 18.6 Å². The number of esters is 1. The topological polar surface area (TPSA) is 64.7 Å². The number of carbonyl (C=O) groups excluding carboxylic acids is 2. The van der Waals surface area contributed by atoms with Crippen LogP contribution < -0.4 is 0 Å². The zero-order chi connectivity index (χ0) is 23.0. The van der Waals surface area contributed by atoms with Crippen molar-refractivity contribution in [1.82, 2.24) is 9.47 Å². The lowest BCUT2D eigenvalue weighted by Crippen LogP contribution is -2.24. The van der Waals surface area contributed by atoms with E-state index in [4.69, 9.17) is 9.15 Å². The number of ether oxygens (including phenoxy) is 1. The zero-order valence-electron chi connectivity index (χ0n) is 18.3. The average molecular weight is 495 g/mol. The van der Waals surface area contributed by atoms with Gasteiger partial charge in [0.05, 0.1) is 31.1 Å². The molecule has 6 nitrogen and oxygen atoms in total. The molecule has 1 aliphatic rings. The predicted octanol–water partition coefficient (Wildman–Crippen LogP) is 5.32. The van der Waals surface area contributed by atoms with Crippen LogP contribution in [-0.4, -0.2) is 28.5 Å². The molecular formula is C25H23BrN2O4. The highest BCUT2D eigenvalue weighted by Gasteiger charge is 2.37. The summed E-state index contributed by atoms with van der Waals surface area (Å²) in [5, 5.41) is 0. The number of rotatable bonds is 5. The Hall–Kier alpha value is -3.32. The Morgan fingerprint density at radius 1 is 1.16 bits per heavy atom. The van der Waals surface area contributed by atoms with Crippen LogP contribution in [0.2, 0.25) is 0 Å². The summed E-state index contributed by atoms with van der Waals surface area (Å²) in [6.45, 7) is 6.00. The van der Waals surface area contributed by atoms with Gasteiger partial charge in [-0.3, -0.25) is 4.79 Å². The second-order valence-electron chi connectivity index (χ2n) is 7.62. The number of methoxy groups -OCH3 is 1. The summed E-state index contributed by atoms with van der Waals surface area (Å²) in [5.74, 6) is -0.160. The molecular weight excluding hydrogens is 472 g/mol. The lowest BCUT2D eigenvalue weighted by molar-refractivity contribution is -0.136. The van der Waals surface area contributed by atoms with E-state index >= 15 is 0 Å². The van der Waals surface area contributed by atoms with Crippen molar-refractivity contribution < 1.29 is 18.7 Å². The van der Waals surface area contributed by atoms with Crippen LogP contribution in [0.1, 0.15) is 29.6 Å². The number of hydrogen-bond donors (Lipinski definition) is 0. The molecule has 0 bridgehead atoms. The number of hydrogen-bond acceptors (Lipinski definition) is 4. The number of amides is 1. The van der Waals surface area contributed by atoms with Gasteiger partial charge >= 0.3 is 5.97 Å².